The van der Waals surface area contributed by atoms with E-state index in [0.717, 1.165) is 16.8 Å². The highest BCUT2D eigenvalue weighted by molar-refractivity contribution is 5.87. The number of aliphatic hydroxyl groups is 1. The van der Waals surface area contributed by atoms with Crippen molar-refractivity contribution in [3.05, 3.63) is 59.2 Å². The van der Waals surface area contributed by atoms with E-state index < -0.39 is 5.97 Å². The zero-order valence-corrected chi connectivity index (χ0v) is 21.3. The number of benzene rings is 2. The molecule has 35 heavy (non-hydrogen) atoms. The first-order valence-corrected chi connectivity index (χ1v) is 12.0. The number of hydrogen-bond donors (Lipinski definition) is 2. The van der Waals surface area contributed by atoms with Crippen molar-refractivity contribution >= 4 is 17.6 Å². The standard InChI is InChI=1S/C27H37N3O5/c1-18-14-30(19(2)17-31)26(32)13-22-12-23(28(3)4)10-11-24(22)35-25(18)16-29(5)15-20-6-8-21(9-7-20)27(33)34/h6-12,18-19,25,31H,13-17H2,1-5H3,(H,33,34)/t18-,19+,25+/m0/s1. The van der Waals surface area contributed by atoms with Crippen LogP contribution in [-0.2, 0) is 17.8 Å². The highest BCUT2D eigenvalue weighted by Gasteiger charge is 2.31. The largest absolute Gasteiger partial charge is 0.488 e. The fourth-order valence-corrected chi connectivity index (χ4v) is 4.35. The summed E-state index contributed by atoms with van der Waals surface area (Å²) in [6, 6.07) is 12.5. The fraction of sp³-hybridized carbons (Fsp3) is 0.481. The van der Waals surface area contributed by atoms with Gasteiger partial charge in [-0.05, 0) is 49.9 Å². The molecule has 2 aromatic carbocycles. The number of hydrogen-bond acceptors (Lipinski definition) is 6. The topological polar surface area (TPSA) is 93.6 Å². The van der Waals surface area contributed by atoms with E-state index in [1.807, 2.05) is 63.3 Å². The van der Waals surface area contributed by atoms with Crippen LogP contribution in [0.15, 0.2) is 42.5 Å². The SMILES string of the molecule is C[C@H](CO)N1C[C@H](C)[C@@H](CN(C)Cc2ccc(C(=O)O)cc2)Oc2ccc(N(C)C)cc2CC1=O. The lowest BCUT2D eigenvalue weighted by atomic mass is 10.0. The van der Waals surface area contributed by atoms with E-state index >= 15 is 0 Å². The number of carbonyl (C=O) groups is 2. The molecule has 1 aliphatic heterocycles. The van der Waals surface area contributed by atoms with Gasteiger partial charge in [-0.3, -0.25) is 9.69 Å². The Kier molecular flexibility index (Phi) is 8.75. The number of carbonyl (C=O) groups excluding carboxylic acids is 1. The number of carboxylic acid groups (broad SMARTS) is 1. The fourth-order valence-electron chi connectivity index (χ4n) is 4.35. The molecule has 0 unspecified atom stereocenters. The molecule has 3 rings (SSSR count). The van der Waals surface area contributed by atoms with Crippen LogP contribution in [0.25, 0.3) is 0 Å². The van der Waals surface area contributed by atoms with Gasteiger partial charge in [0.25, 0.3) is 0 Å². The number of fused-ring (bicyclic) bond motifs is 1. The Morgan fingerprint density at radius 2 is 1.86 bits per heavy atom. The summed E-state index contributed by atoms with van der Waals surface area (Å²) >= 11 is 0. The van der Waals surface area contributed by atoms with Crippen LogP contribution >= 0.6 is 0 Å². The number of aromatic carboxylic acids is 1. The van der Waals surface area contributed by atoms with Crippen LogP contribution in [0.4, 0.5) is 5.69 Å². The summed E-state index contributed by atoms with van der Waals surface area (Å²) in [7, 11) is 5.92. The maximum absolute atomic E-state index is 13.2. The van der Waals surface area contributed by atoms with E-state index in [9.17, 15) is 14.7 Å². The number of aliphatic hydroxyl groups excluding tert-OH is 1. The zero-order valence-electron chi connectivity index (χ0n) is 21.3. The molecular weight excluding hydrogens is 446 g/mol. The van der Waals surface area contributed by atoms with Gasteiger partial charge in [-0.25, -0.2) is 4.79 Å². The molecule has 3 atom stereocenters. The third kappa shape index (κ3) is 6.74. The molecule has 0 bridgehead atoms. The Labute approximate surface area is 207 Å². The molecule has 0 saturated carbocycles. The molecule has 0 saturated heterocycles. The Morgan fingerprint density at radius 3 is 2.46 bits per heavy atom. The average Bonchev–Trinajstić information content (AvgIpc) is 2.86. The molecule has 1 aliphatic rings. The highest BCUT2D eigenvalue weighted by Crippen LogP contribution is 2.30. The summed E-state index contributed by atoms with van der Waals surface area (Å²) in [5.41, 5.74) is 3.10. The van der Waals surface area contributed by atoms with Crippen LogP contribution in [0.1, 0.15) is 35.3 Å². The summed E-state index contributed by atoms with van der Waals surface area (Å²) in [5.74, 6) is -0.237. The summed E-state index contributed by atoms with van der Waals surface area (Å²) in [6.45, 7) is 5.58. The maximum atomic E-state index is 13.2. The van der Waals surface area contributed by atoms with Crippen molar-refractivity contribution in [2.45, 2.75) is 39.0 Å². The van der Waals surface area contributed by atoms with Crippen LogP contribution in [0.3, 0.4) is 0 Å². The Bertz CT molecular complexity index is 1020. The second kappa shape index (κ2) is 11.6. The quantitative estimate of drug-likeness (QED) is 0.596. The highest BCUT2D eigenvalue weighted by atomic mass is 16.5. The molecule has 1 heterocycles. The van der Waals surface area contributed by atoms with Crippen LogP contribution in [0.2, 0.25) is 0 Å². The molecule has 0 fully saturated rings. The molecular formula is C27H37N3O5. The first-order chi connectivity index (χ1) is 16.6. The normalized spacial score (nSPS) is 19.3. The Morgan fingerprint density at radius 1 is 1.17 bits per heavy atom. The van der Waals surface area contributed by atoms with Crippen molar-refractivity contribution < 1.29 is 24.5 Å². The third-order valence-corrected chi connectivity index (χ3v) is 6.56. The van der Waals surface area contributed by atoms with E-state index in [1.165, 1.54) is 0 Å². The molecule has 0 radical (unpaired) electrons. The molecule has 0 aliphatic carbocycles. The van der Waals surface area contributed by atoms with E-state index in [4.69, 9.17) is 9.84 Å². The predicted molar refractivity (Wildman–Crippen MR) is 136 cm³/mol. The van der Waals surface area contributed by atoms with Gasteiger partial charge in [-0.1, -0.05) is 19.1 Å². The van der Waals surface area contributed by atoms with Crippen LogP contribution in [-0.4, -0.2) is 84.9 Å². The number of amides is 1. The van der Waals surface area contributed by atoms with Gasteiger partial charge in [0.1, 0.15) is 11.9 Å². The minimum absolute atomic E-state index is 0.0178. The van der Waals surface area contributed by atoms with Gasteiger partial charge in [0.15, 0.2) is 0 Å². The van der Waals surface area contributed by atoms with E-state index in [-0.39, 0.29) is 42.6 Å². The molecule has 1 amide bonds. The van der Waals surface area contributed by atoms with Gasteiger partial charge in [0, 0.05) is 50.9 Å². The monoisotopic (exact) mass is 483 g/mol. The summed E-state index contributed by atoms with van der Waals surface area (Å²) in [5, 5.41) is 18.9. The van der Waals surface area contributed by atoms with Gasteiger partial charge in [-0.2, -0.15) is 0 Å². The smallest absolute Gasteiger partial charge is 0.335 e. The first kappa shape index (κ1) is 26.5. The summed E-state index contributed by atoms with van der Waals surface area (Å²) < 4.78 is 6.55. The number of ether oxygens (including phenoxy) is 1. The second-order valence-corrected chi connectivity index (χ2v) is 9.77. The molecule has 0 spiro atoms. The van der Waals surface area contributed by atoms with Gasteiger partial charge < -0.3 is 24.7 Å². The molecule has 2 N–H and O–H groups in total. The number of likely N-dealkylation sites (N-methyl/N-ethyl adjacent to an activating group) is 1. The lowest BCUT2D eigenvalue weighted by Gasteiger charge is -2.34. The van der Waals surface area contributed by atoms with E-state index in [1.54, 1.807) is 17.0 Å². The van der Waals surface area contributed by atoms with Crippen molar-refractivity contribution in [2.24, 2.45) is 5.92 Å². The molecule has 0 aromatic heterocycles. The van der Waals surface area contributed by atoms with E-state index in [0.29, 0.717) is 25.4 Å². The van der Waals surface area contributed by atoms with Crippen LogP contribution in [0, 0.1) is 5.92 Å². The second-order valence-electron chi connectivity index (χ2n) is 9.77. The molecule has 190 valence electrons. The van der Waals surface area contributed by atoms with Gasteiger partial charge >= 0.3 is 5.97 Å². The van der Waals surface area contributed by atoms with Crippen molar-refractivity contribution in [1.82, 2.24) is 9.80 Å². The molecule has 8 heteroatoms. The van der Waals surface area contributed by atoms with Crippen molar-refractivity contribution in [2.75, 3.05) is 45.7 Å². The van der Waals surface area contributed by atoms with Gasteiger partial charge in [0.05, 0.1) is 24.6 Å². The average molecular weight is 484 g/mol. The lowest BCUT2D eigenvalue weighted by Crippen LogP contribution is -2.47. The Hall–Kier alpha value is -3.10. The lowest BCUT2D eigenvalue weighted by molar-refractivity contribution is -0.134. The van der Waals surface area contributed by atoms with Crippen LogP contribution < -0.4 is 9.64 Å². The molecule has 2 aromatic rings. The number of rotatable bonds is 8. The number of carboxylic acids is 1. The van der Waals surface area contributed by atoms with Crippen molar-refractivity contribution in [3.8, 4) is 5.75 Å². The third-order valence-electron chi connectivity index (χ3n) is 6.56. The first-order valence-electron chi connectivity index (χ1n) is 12.0. The van der Waals surface area contributed by atoms with Gasteiger partial charge in [0.2, 0.25) is 5.91 Å². The van der Waals surface area contributed by atoms with Crippen LogP contribution in [0.5, 0.6) is 5.75 Å². The van der Waals surface area contributed by atoms with E-state index in [2.05, 4.69) is 11.8 Å². The minimum Gasteiger partial charge on any atom is -0.488 e. The van der Waals surface area contributed by atoms with Crippen molar-refractivity contribution in [1.29, 1.82) is 0 Å². The number of anilines is 1. The summed E-state index contributed by atoms with van der Waals surface area (Å²) in [6.07, 6.45) is 0.0218. The summed E-state index contributed by atoms with van der Waals surface area (Å²) in [4.78, 5) is 30.3. The maximum Gasteiger partial charge on any atom is 0.335 e. The van der Waals surface area contributed by atoms with Gasteiger partial charge in [-0.15, -0.1) is 0 Å². The Balaban J connectivity index is 1.86. The zero-order chi connectivity index (χ0) is 25.7. The molecule has 8 nitrogen and oxygen atoms in total. The predicted octanol–water partition coefficient (Wildman–Crippen LogP) is 2.73. The van der Waals surface area contributed by atoms with Crippen molar-refractivity contribution in [3.63, 3.8) is 0 Å². The number of nitrogens with zero attached hydrogens (tertiary/aromatic N) is 3. The minimum atomic E-state index is -0.940.